The summed E-state index contributed by atoms with van der Waals surface area (Å²) in [6.07, 6.45) is 6.48. The van der Waals surface area contributed by atoms with Gasteiger partial charge in [0.15, 0.2) is 0 Å². The minimum absolute atomic E-state index is 0. The predicted octanol–water partition coefficient (Wildman–Crippen LogP) is 0.405. The van der Waals surface area contributed by atoms with Crippen LogP contribution < -0.4 is 16.6 Å². The average Bonchev–Trinajstić information content (AvgIpc) is 2.34. The summed E-state index contributed by atoms with van der Waals surface area (Å²) in [4.78, 5) is 0. The molecule has 0 aromatic heterocycles. The summed E-state index contributed by atoms with van der Waals surface area (Å²) < 4.78 is 0. The summed E-state index contributed by atoms with van der Waals surface area (Å²) in [7, 11) is 0. The van der Waals surface area contributed by atoms with Crippen molar-refractivity contribution in [3.05, 3.63) is 23.4 Å². The number of hydrogen-bond acceptors (Lipinski definition) is 3. The van der Waals surface area contributed by atoms with Crippen LogP contribution in [0.3, 0.4) is 0 Å². The lowest BCUT2D eigenvalue weighted by molar-refractivity contribution is 0.577. The van der Waals surface area contributed by atoms with E-state index in [9.17, 15) is 0 Å². The van der Waals surface area contributed by atoms with Crippen LogP contribution in [-0.2, 0) is 0 Å². The van der Waals surface area contributed by atoms with E-state index >= 15 is 0 Å². The van der Waals surface area contributed by atoms with E-state index in [1.165, 1.54) is 11.3 Å². The van der Waals surface area contributed by atoms with Gasteiger partial charge in [-0.1, -0.05) is 6.08 Å². The zero-order valence-electron chi connectivity index (χ0n) is 6.13. The van der Waals surface area contributed by atoms with Gasteiger partial charge >= 0.3 is 0 Å². The Labute approximate surface area is 72.1 Å². The Morgan fingerprint density at radius 1 is 1.55 bits per heavy atom. The summed E-state index contributed by atoms with van der Waals surface area (Å²) >= 11 is 0. The highest BCUT2D eigenvalue weighted by Gasteiger charge is 2.20. The molecule has 3 nitrogen and oxygen atoms in total. The van der Waals surface area contributed by atoms with Crippen molar-refractivity contribution in [3.63, 3.8) is 0 Å². The first-order valence-electron chi connectivity index (χ1n) is 3.54. The molecule has 62 valence electrons. The first-order chi connectivity index (χ1) is 4.88. The lowest BCUT2D eigenvalue weighted by Crippen LogP contribution is -2.39. The molecule has 0 saturated heterocycles. The molecule has 1 heterocycles. The molecule has 4 heteroatoms. The Morgan fingerprint density at radius 2 is 2.36 bits per heavy atom. The number of hydrogen-bond donors (Lipinski definition) is 3. The largest absolute Gasteiger partial charge is 0.320 e. The first-order valence-corrected chi connectivity index (χ1v) is 3.54. The molecule has 0 saturated carbocycles. The van der Waals surface area contributed by atoms with Crippen LogP contribution in [0.1, 0.15) is 12.8 Å². The van der Waals surface area contributed by atoms with Gasteiger partial charge in [0.25, 0.3) is 0 Å². The summed E-state index contributed by atoms with van der Waals surface area (Å²) in [5.41, 5.74) is 14.2. The molecule has 2 rings (SSSR count). The maximum atomic E-state index is 5.72. The van der Waals surface area contributed by atoms with Gasteiger partial charge in [0, 0.05) is 0 Å². The number of nitrogens with one attached hydrogen (secondary N) is 2. The van der Waals surface area contributed by atoms with E-state index in [4.69, 9.17) is 5.73 Å². The highest BCUT2D eigenvalue weighted by Crippen LogP contribution is 2.20. The molecule has 0 aromatic carbocycles. The molecule has 1 aliphatic carbocycles. The van der Waals surface area contributed by atoms with Crippen molar-refractivity contribution in [2.75, 3.05) is 0 Å². The lowest BCUT2D eigenvalue weighted by Gasteiger charge is -2.08. The van der Waals surface area contributed by atoms with Gasteiger partial charge in [-0.15, -0.1) is 12.4 Å². The first kappa shape index (κ1) is 8.59. The van der Waals surface area contributed by atoms with Crippen LogP contribution in [0.5, 0.6) is 0 Å². The molecule has 0 radical (unpaired) electrons. The van der Waals surface area contributed by atoms with Crippen LogP contribution in [0, 0.1) is 0 Å². The van der Waals surface area contributed by atoms with Crippen LogP contribution in [0.2, 0.25) is 0 Å². The average molecular weight is 174 g/mol. The third kappa shape index (κ3) is 1.40. The van der Waals surface area contributed by atoms with Crippen LogP contribution in [0.4, 0.5) is 0 Å². The van der Waals surface area contributed by atoms with Crippen LogP contribution in [0.15, 0.2) is 23.4 Å². The second kappa shape index (κ2) is 3.26. The molecule has 2 aliphatic rings. The summed E-state index contributed by atoms with van der Waals surface area (Å²) in [6, 6.07) is 0. The zero-order valence-corrected chi connectivity index (χ0v) is 6.95. The van der Waals surface area contributed by atoms with E-state index in [-0.39, 0.29) is 18.6 Å². The van der Waals surface area contributed by atoms with Gasteiger partial charge in [-0.2, -0.15) is 0 Å². The fourth-order valence-corrected chi connectivity index (χ4v) is 1.37. The predicted molar refractivity (Wildman–Crippen MR) is 46.9 cm³/mol. The Bertz CT molecular complexity index is 210. The van der Waals surface area contributed by atoms with Crippen LogP contribution >= 0.6 is 12.4 Å². The number of hydrazine groups is 1. The van der Waals surface area contributed by atoms with Crippen molar-refractivity contribution >= 4 is 12.4 Å². The smallest absolute Gasteiger partial charge is 0.0965 e. The minimum atomic E-state index is 0. The van der Waals surface area contributed by atoms with Gasteiger partial charge in [0.1, 0.15) is 0 Å². The molecule has 0 spiro atoms. The Kier molecular flexibility index (Phi) is 2.54. The highest BCUT2D eigenvalue weighted by molar-refractivity contribution is 5.85. The molecule has 0 aromatic rings. The monoisotopic (exact) mass is 173 g/mol. The number of nitrogens with two attached hydrogens (primary N) is 1. The van der Waals surface area contributed by atoms with Gasteiger partial charge in [-0.25, -0.2) is 5.43 Å². The normalized spacial score (nSPS) is 27.5. The molecule has 1 aliphatic heterocycles. The molecule has 0 bridgehead atoms. The van der Waals surface area contributed by atoms with E-state index in [0.29, 0.717) is 0 Å². The van der Waals surface area contributed by atoms with Crippen molar-refractivity contribution in [2.45, 2.75) is 19.0 Å². The number of allylic oxidation sites excluding steroid dienone is 2. The molecular weight excluding hydrogens is 162 g/mol. The Morgan fingerprint density at radius 3 is 3.09 bits per heavy atom. The van der Waals surface area contributed by atoms with Gasteiger partial charge in [0.2, 0.25) is 0 Å². The third-order valence-electron chi connectivity index (χ3n) is 1.95. The zero-order chi connectivity index (χ0) is 6.97. The third-order valence-corrected chi connectivity index (χ3v) is 1.95. The van der Waals surface area contributed by atoms with E-state index in [1.807, 2.05) is 0 Å². The second-order valence-corrected chi connectivity index (χ2v) is 2.63. The highest BCUT2D eigenvalue weighted by atomic mass is 35.5. The van der Waals surface area contributed by atoms with Crippen molar-refractivity contribution in [1.29, 1.82) is 0 Å². The Balaban J connectivity index is 0.000000605. The summed E-state index contributed by atoms with van der Waals surface area (Å²) in [6.45, 7) is 0. The molecule has 0 amide bonds. The molecule has 1 atom stereocenters. The Hall–Kier alpha value is -0.510. The minimum Gasteiger partial charge on any atom is -0.320 e. The van der Waals surface area contributed by atoms with Gasteiger partial charge in [-0.3, -0.25) is 0 Å². The van der Waals surface area contributed by atoms with E-state index in [0.717, 1.165) is 12.8 Å². The molecule has 4 N–H and O–H groups in total. The second-order valence-electron chi connectivity index (χ2n) is 2.63. The van der Waals surface area contributed by atoms with E-state index in [2.05, 4.69) is 23.0 Å². The number of halogens is 1. The van der Waals surface area contributed by atoms with E-state index in [1.54, 1.807) is 0 Å². The molecule has 1 unspecified atom stereocenters. The van der Waals surface area contributed by atoms with E-state index < -0.39 is 0 Å². The number of rotatable bonds is 0. The molecule has 0 fully saturated rings. The topological polar surface area (TPSA) is 50.1 Å². The van der Waals surface area contributed by atoms with Crippen LogP contribution in [0.25, 0.3) is 0 Å². The SMILES string of the molecule is Cl.NC1NNC2=C1CCC=C2. The van der Waals surface area contributed by atoms with Gasteiger partial charge in [-0.05, 0) is 24.5 Å². The van der Waals surface area contributed by atoms with Crippen molar-refractivity contribution in [2.24, 2.45) is 5.73 Å². The van der Waals surface area contributed by atoms with Crippen molar-refractivity contribution in [3.8, 4) is 0 Å². The fourth-order valence-electron chi connectivity index (χ4n) is 1.37. The molecular formula is C7H12ClN3. The maximum Gasteiger partial charge on any atom is 0.0965 e. The summed E-state index contributed by atoms with van der Waals surface area (Å²) in [5.74, 6) is 0. The maximum absolute atomic E-state index is 5.72. The standard InChI is InChI=1S/C7H11N3.ClH/c8-7-5-3-1-2-4-6(5)9-10-7;/h2,4,7,9-10H,1,3,8H2;1H. The van der Waals surface area contributed by atoms with Crippen molar-refractivity contribution in [1.82, 2.24) is 10.9 Å². The fraction of sp³-hybridized carbons (Fsp3) is 0.429. The van der Waals surface area contributed by atoms with Crippen LogP contribution in [-0.4, -0.2) is 6.17 Å². The van der Waals surface area contributed by atoms with Crippen molar-refractivity contribution < 1.29 is 0 Å². The quantitative estimate of drug-likeness (QED) is 0.497. The van der Waals surface area contributed by atoms with Gasteiger partial charge in [0.05, 0.1) is 11.9 Å². The molecule has 11 heavy (non-hydrogen) atoms. The van der Waals surface area contributed by atoms with Gasteiger partial charge < -0.3 is 11.2 Å². The summed E-state index contributed by atoms with van der Waals surface area (Å²) in [5, 5.41) is 0. The lowest BCUT2D eigenvalue weighted by atomic mass is 10.0.